The minimum atomic E-state index is -1.11. The van der Waals surface area contributed by atoms with Gasteiger partial charge in [0.05, 0.1) is 0 Å². The van der Waals surface area contributed by atoms with E-state index >= 15 is 0 Å². The standard InChI is InChI=1S/C5H10N2O3.C4H7NO3/c6-3(5(9)10)1-2-4(7)8;1-3(6)5-2-4(7)8/h3H,1-2,6H2,(H2,7,8)(H,9,10);2H2,1H3,(H,5,6)(H,7,8). The molecule has 0 aliphatic heterocycles. The van der Waals surface area contributed by atoms with Crippen LogP contribution in [0.3, 0.4) is 0 Å². The molecule has 0 heterocycles. The highest BCUT2D eigenvalue weighted by atomic mass is 16.4. The minimum Gasteiger partial charge on any atom is -0.480 e. The quantitative estimate of drug-likeness (QED) is 0.364. The summed E-state index contributed by atoms with van der Waals surface area (Å²) in [5, 5.41) is 18.3. The van der Waals surface area contributed by atoms with Crippen molar-refractivity contribution in [3.8, 4) is 0 Å². The maximum atomic E-state index is 10.1. The van der Waals surface area contributed by atoms with E-state index in [0.29, 0.717) is 0 Å². The number of nitrogens with two attached hydrogens (primary N) is 2. The van der Waals surface area contributed by atoms with Gasteiger partial charge < -0.3 is 27.0 Å². The van der Waals surface area contributed by atoms with Crippen molar-refractivity contribution < 1.29 is 29.4 Å². The molecular formula is C9H17N3O6. The van der Waals surface area contributed by atoms with E-state index in [4.69, 9.17) is 21.7 Å². The Morgan fingerprint density at radius 2 is 1.72 bits per heavy atom. The van der Waals surface area contributed by atoms with E-state index in [1.165, 1.54) is 6.92 Å². The predicted octanol–water partition coefficient (Wildman–Crippen LogP) is -2.13. The maximum absolute atomic E-state index is 10.1. The zero-order valence-electron chi connectivity index (χ0n) is 9.88. The molecule has 0 aliphatic carbocycles. The Bertz CT molecular complexity index is 303. The van der Waals surface area contributed by atoms with Crippen LogP contribution < -0.4 is 16.8 Å². The molecule has 2 amide bonds. The normalized spacial score (nSPS) is 10.6. The molecule has 0 saturated heterocycles. The molecule has 0 radical (unpaired) electrons. The highest BCUT2D eigenvalue weighted by molar-refractivity contribution is 5.79. The summed E-state index contributed by atoms with van der Waals surface area (Å²) >= 11 is 0. The summed E-state index contributed by atoms with van der Waals surface area (Å²) in [4.78, 5) is 39.8. The first-order chi connectivity index (χ1) is 8.16. The molecule has 1 atom stereocenters. The summed E-state index contributed by atoms with van der Waals surface area (Å²) in [7, 11) is 0. The SMILES string of the molecule is CC(=O)NCC(=O)O.NC(=O)CCC(N)C(=O)O. The molecule has 0 aromatic carbocycles. The van der Waals surface area contributed by atoms with Gasteiger partial charge >= 0.3 is 11.9 Å². The number of primary amides is 1. The second kappa shape index (κ2) is 10.0. The molecule has 0 aromatic rings. The average Bonchev–Trinajstić information content (AvgIpc) is 2.23. The van der Waals surface area contributed by atoms with Gasteiger partial charge in [-0.15, -0.1) is 0 Å². The topological polar surface area (TPSA) is 173 Å². The van der Waals surface area contributed by atoms with Crippen LogP contribution in [-0.2, 0) is 19.2 Å². The van der Waals surface area contributed by atoms with Gasteiger partial charge in [0.1, 0.15) is 12.6 Å². The van der Waals surface area contributed by atoms with E-state index in [2.05, 4.69) is 5.32 Å². The van der Waals surface area contributed by atoms with Crippen LogP contribution in [0.25, 0.3) is 0 Å². The second-order valence-electron chi connectivity index (χ2n) is 3.25. The third-order valence-electron chi connectivity index (χ3n) is 1.51. The van der Waals surface area contributed by atoms with Crippen molar-refractivity contribution in [2.75, 3.05) is 6.54 Å². The summed E-state index contributed by atoms with van der Waals surface area (Å²) in [5.74, 6) is -2.99. The van der Waals surface area contributed by atoms with Crippen LogP contribution in [0.4, 0.5) is 0 Å². The van der Waals surface area contributed by atoms with E-state index < -0.39 is 23.9 Å². The fourth-order valence-electron chi connectivity index (χ4n) is 0.621. The lowest BCUT2D eigenvalue weighted by molar-refractivity contribution is -0.139. The van der Waals surface area contributed by atoms with Crippen molar-refractivity contribution in [3.63, 3.8) is 0 Å². The van der Waals surface area contributed by atoms with Crippen LogP contribution in [0.2, 0.25) is 0 Å². The Balaban J connectivity index is 0. The fourth-order valence-corrected chi connectivity index (χ4v) is 0.621. The van der Waals surface area contributed by atoms with Gasteiger partial charge in [0.2, 0.25) is 11.8 Å². The molecule has 9 heteroatoms. The van der Waals surface area contributed by atoms with E-state index in [-0.39, 0.29) is 25.3 Å². The first kappa shape index (κ1) is 18.2. The molecule has 0 saturated carbocycles. The third-order valence-corrected chi connectivity index (χ3v) is 1.51. The number of carboxylic acids is 2. The fraction of sp³-hybridized carbons (Fsp3) is 0.556. The molecule has 0 aromatic heterocycles. The van der Waals surface area contributed by atoms with E-state index in [0.717, 1.165) is 0 Å². The molecule has 18 heavy (non-hydrogen) atoms. The zero-order chi connectivity index (χ0) is 14.7. The number of carbonyl (C=O) groups is 4. The Morgan fingerprint density at radius 1 is 1.22 bits per heavy atom. The van der Waals surface area contributed by atoms with Gasteiger partial charge in [-0.2, -0.15) is 0 Å². The first-order valence-electron chi connectivity index (χ1n) is 4.89. The molecule has 1 unspecified atom stereocenters. The molecule has 7 N–H and O–H groups in total. The highest BCUT2D eigenvalue weighted by Crippen LogP contribution is 1.92. The van der Waals surface area contributed by atoms with Gasteiger partial charge in [-0.25, -0.2) is 0 Å². The third kappa shape index (κ3) is 16.3. The Hall–Kier alpha value is -2.16. The van der Waals surface area contributed by atoms with Crippen LogP contribution in [0.1, 0.15) is 19.8 Å². The molecule has 104 valence electrons. The molecule has 0 spiro atoms. The van der Waals surface area contributed by atoms with Crippen molar-refractivity contribution >= 4 is 23.8 Å². The van der Waals surface area contributed by atoms with Crippen molar-refractivity contribution in [3.05, 3.63) is 0 Å². The lowest BCUT2D eigenvalue weighted by Gasteiger charge is -2.01. The summed E-state index contributed by atoms with van der Waals surface area (Å²) in [6.45, 7) is 0.971. The number of amides is 2. The lowest BCUT2D eigenvalue weighted by atomic mass is 10.2. The minimum absolute atomic E-state index is 0.0213. The van der Waals surface area contributed by atoms with Gasteiger partial charge in [0.15, 0.2) is 0 Å². The van der Waals surface area contributed by atoms with E-state index in [1.807, 2.05) is 0 Å². The van der Waals surface area contributed by atoms with E-state index in [1.54, 1.807) is 0 Å². The number of aliphatic carboxylic acids is 2. The largest absolute Gasteiger partial charge is 0.480 e. The second-order valence-corrected chi connectivity index (χ2v) is 3.25. The highest BCUT2D eigenvalue weighted by Gasteiger charge is 2.11. The number of carboxylic acid groups (broad SMARTS) is 2. The summed E-state index contributed by atoms with van der Waals surface area (Å²) < 4.78 is 0. The number of nitrogens with one attached hydrogen (secondary N) is 1. The van der Waals surface area contributed by atoms with Crippen LogP contribution in [-0.4, -0.2) is 46.6 Å². The number of carbonyl (C=O) groups excluding carboxylic acids is 2. The van der Waals surface area contributed by atoms with Gasteiger partial charge in [0.25, 0.3) is 0 Å². The smallest absolute Gasteiger partial charge is 0.322 e. The molecule has 9 nitrogen and oxygen atoms in total. The number of rotatable bonds is 6. The number of hydrogen-bond acceptors (Lipinski definition) is 5. The van der Waals surface area contributed by atoms with Crippen molar-refractivity contribution in [1.82, 2.24) is 5.32 Å². The molecule has 0 bridgehead atoms. The van der Waals surface area contributed by atoms with Crippen LogP contribution in [0.5, 0.6) is 0 Å². The summed E-state index contributed by atoms with van der Waals surface area (Å²) in [6.07, 6.45) is 0.123. The average molecular weight is 263 g/mol. The molecular weight excluding hydrogens is 246 g/mol. The first-order valence-corrected chi connectivity index (χ1v) is 4.89. The van der Waals surface area contributed by atoms with Crippen molar-refractivity contribution in [2.24, 2.45) is 11.5 Å². The van der Waals surface area contributed by atoms with Gasteiger partial charge in [-0.3, -0.25) is 19.2 Å². The Labute approximate surface area is 103 Å². The van der Waals surface area contributed by atoms with Gasteiger partial charge in [-0.05, 0) is 6.42 Å². The maximum Gasteiger partial charge on any atom is 0.322 e. The van der Waals surface area contributed by atoms with Crippen LogP contribution in [0, 0.1) is 0 Å². The molecule has 0 rings (SSSR count). The van der Waals surface area contributed by atoms with Crippen LogP contribution >= 0.6 is 0 Å². The molecule has 0 fully saturated rings. The monoisotopic (exact) mass is 263 g/mol. The predicted molar refractivity (Wildman–Crippen MR) is 60.4 cm³/mol. The zero-order valence-corrected chi connectivity index (χ0v) is 9.88. The van der Waals surface area contributed by atoms with Crippen molar-refractivity contribution in [2.45, 2.75) is 25.8 Å². The molecule has 0 aliphatic rings. The van der Waals surface area contributed by atoms with Crippen molar-refractivity contribution in [1.29, 1.82) is 0 Å². The summed E-state index contributed by atoms with van der Waals surface area (Å²) in [6, 6.07) is -0.979. The number of hydrogen-bond donors (Lipinski definition) is 5. The van der Waals surface area contributed by atoms with Gasteiger partial charge in [0, 0.05) is 13.3 Å². The van der Waals surface area contributed by atoms with E-state index in [9.17, 15) is 19.2 Å². The van der Waals surface area contributed by atoms with Crippen LogP contribution in [0.15, 0.2) is 0 Å². The van der Waals surface area contributed by atoms with Gasteiger partial charge in [-0.1, -0.05) is 0 Å². The lowest BCUT2D eigenvalue weighted by Crippen LogP contribution is -2.31. The Morgan fingerprint density at radius 3 is 1.94 bits per heavy atom. The summed E-state index contributed by atoms with van der Waals surface area (Å²) in [5.41, 5.74) is 9.81. The Kier molecular flexibility index (Phi) is 10.1.